The summed E-state index contributed by atoms with van der Waals surface area (Å²) in [4.78, 5) is 36.8. The van der Waals surface area contributed by atoms with Gasteiger partial charge < -0.3 is 18.9 Å². The number of hydrogen-bond acceptors (Lipinski definition) is 7. The van der Waals surface area contributed by atoms with Crippen LogP contribution in [0.5, 0.6) is 0 Å². The fourth-order valence-corrected chi connectivity index (χ4v) is 6.37. The van der Waals surface area contributed by atoms with Gasteiger partial charge in [0.15, 0.2) is 6.10 Å². The monoisotopic (exact) mass is 883 g/mol. The minimum atomic E-state index is -4.45. The van der Waals surface area contributed by atoms with Crippen LogP contribution in [0.25, 0.3) is 0 Å². The Hall–Kier alpha value is -3.59. The normalized spacial score (nSPS) is 15.7. The number of phosphoric ester groups is 1. The van der Waals surface area contributed by atoms with Crippen LogP contribution in [0.4, 0.5) is 0 Å². The van der Waals surface area contributed by atoms with Gasteiger partial charge in [-0.15, -0.1) is 0 Å². The van der Waals surface area contributed by atoms with Crippen LogP contribution in [0.2, 0.25) is 0 Å². The fourth-order valence-electron chi connectivity index (χ4n) is 5.62. The van der Waals surface area contributed by atoms with Crippen LogP contribution in [0.1, 0.15) is 130 Å². The molecular weight excluding hydrogens is 798 g/mol. The first kappa shape index (κ1) is 58.4. The Bertz CT molecular complexity index is 1490. The molecule has 0 aliphatic heterocycles. The van der Waals surface area contributed by atoms with E-state index in [0.29, 0.717) is 43.1 Å². The largest absolute Gasteiger partial charge is 0.472 e. The molecule has 0 aliphatic rings. The zero-order valence-electron chi connectivity index (χ0n) is 39.6. The van der Waals surface area contributed by atoms with E-state index in [9.17, 15) is 19.0 Å². The lowest BCUT2D eigenvalue weighted by molar-refractivity contribution is -0.870. The van der Waals surface area contributed by atoms with Crippen molar-refractivity contribution < 1.29 is 42.1 Å². The number of carbonyl (C=O) groups is 2. The van der Waals surface area contributed by atoms with Crippen molar-refractivity contribution in [2.45, 2.75) is 137 Å². The van der Waals surface area contributed by atoms with E-state index in [1.807, 2.05) is 35.0 Å². The summed E-state index contributed by atoms with van der Waals surface area (Å²) in [5.74, 6) is -1.61. The number of nitrogens with zero attached hydrogens (tertiary/aromatic N) is 1. The minimum Gasteiger partial charge on any atom is -0.461 e. The van der Waals surface area contributed by atoms with Gasteiger partial charge in [0, 0.05) is 0 Å². The highest BCUT2D eigenvalue weighted by molar-refractivity contribution is 7.47. The summed E-state index contributed by atoms with van der Waals surface area (Å²) in [7, 11) is 1.37. The highest BCUT2D eigenvalue weighted by atomic mass is 31.2. The van der Waals surface area contributed by atoms with Crippen LogP contribution in [0.3, 0.4) is 0 Å². The maximum Gasteiger partial charge on any atom is 0.472 e. The smallest absolute Gasteiger partial charge is 0.461 e. The quantitative estimate of drug-likeness (QED) is 0.0283. The predicted molar refractivity (Wildman–Crippen MR) is 260 cm³/mol. The second-order valence-corrected chi connectivity index (χ2v) is 17.5. The molecule has 62 heavy (non-hydrogen) atoms. The highest BCUT2D eigenvalue weighted by Crippen LogP contribution is 2.43. The molecule has 0 bridgehead atoms. The van der Waals surface area contributed by atoms with E-state index in [-0.39, 0.29) is 19.1 Å². The van der Waals surface area contributed by atoms with Crippen molar-refractivity contribution in [1.29, 1.82) is 0 Å². The summed E-state index contributed by atoms with van der Waals surface area (Å²) < 4.78 is 35.1. The first-order valence-electron chi connectivity index (χ1n) is 23.2. The zero-order valence-corrected chi connectivity index (χ0v) is 40.5. The third-order valence-corrected chi connectivity index (χ3v) is 10.4. The third-order valence-electron chi connectivity index (χ3n) is 9.47. The number of carbonyl (C=O) groups excluding carboxylic acids is 2. The van der Waals surface area contributed by atoms with Crippen molar-refractivity contribution >= 4 is 19.8 Å². The van der Waals surface area contributed by atoms with Gasteiger partial charge in [0.05, 0.1) is 39.6 Å². The topological polar surface area (TPSA) is 108 Å². The van der Waals surface area contributed by atoms with E-state index >= 15 is 0 Å². The van der Waals surface area contributed by atoms with Gasteiger partial charge in [0.1, 0.15) is 19.8 Å². The molecular formula is C52H85NO8P+. The van der Waals surface area contributed by atoms with Crippen molar-refractivity contribution in [3.8, 4) is 0 Å². The molecule has 350 valence electrons. The average Bonchev–Trinajstić information content (AvgIpc) is 3.23. The Labute approximate surface area is 378 Å². The van der Waals surface area contributed by atoms with Gasteiger partial charge in [-0.2, -0.15) is 0 Å². The Balaban J connectivity index is 5.06. The number of likely N-dealkylation sites (N-methyl/N-ethyl adjacent to an activating group) is 1. The summed E-state index contributed by atoms with van der Waals surface area (Å²) >= 11 is 0. The van der Waals surface area contributed by atoms with Gasteiger partial charge in [-0.05, 0) is 103 Å². The van der Waals surface area contributed by atoms with Crippen LogP contribution in [0.15, 0.2) is 122 Å². The summed E-state index contributed by atoms with van der Waals surface area (Å²) in [6.07, 6.45) is 55.1. The molecule has 0 saturated carbocycles. The molecule has 0 rings (SSSR count). The summed E-state index contributed by atoms with van der Waals surface area (Å²) in [6, 6.07) is 0. The lowest BCUT2D eigenvalue weighted by atomic mass is 10.00. The zero-order chi connectivity index (χ0) is 46.0. The number of allylic oxidation sites excluding steroid dienone is 20. The van der Waals surface area contributed by atoms with Crippen molar-refractivity contribution in [3.05, 3.63) is 122 Å². The molecule has 3 unspecified atom stereocenters. The Morgan fingerprint density at radius 1 is 0.516 bits per heavy atom. The summed E-state index contributed by atoms with van der Waals surface area (Å²) in [6.45, 7) is 7.86. The number of phosphoric acid groups is 1. The Morgan fingerprint density at radius 3 is 1.23 bits per heavy atom. The number of quaternary nitrogens is 1. The van der Waals surface area contributed by atoms with Crippen molar-refractivity contribution in [1.82, 2.24) is 0 Å². The van der Waals surface area contributed by atoms with Gasteiger partial charge in [-0.25, -0.2) is 4.57 Å². The first-order chi connectivity index (χ1) is 29.9. The molecule has 0 fully saturated rings. The van der Waals surface area contributed by atoms with E-state index in [0.717, 1.165) is 70.6 Å². The van der Waals surface area contributed by atoms with Crippen LogP contribution in [0, 0.1) is 11.8 Å². The van der Waals surface area contributed by atoms with Crippen molar-refractivity contribution in [2.75, 3.05) is 47.5 Å². The van der Waals surface area contributed by atoms with Gasteiger partial charge in [0.2, 0.25) is 0 Å². The van der Waals surface area contributed by atoms with E-state index in [4.69, 9.17) is 18.5 Å². The Kier molecular flexibility index (Phi) is 37.9. The standard InChI is InChI=1S/C52H84NO8P/c1-8-12-14-16-18-20-22-24-26-28-30-32-34-36-38-40-42-48(10-3)51(54)58-46-50(47-60-62(56,57)59-45-44-53(5,6)7)61-52(55)49(11-4)43-41-39-37-35-33-31-29-27-25-23-21-19-17-15-13-9-2/h12-15,18-21,24-27,30-33,36-39,48-50H,8-11,16-17,22-23,28-29,34-35,40-47H2,1-7H3/p+1/t48?,49?,50-/m1/s1. The molecule has 0 aromatic rings. The average molecular weight is 883 g/mol. The van der Waals surface area contributed by atoms with Gasteiger partial charge in [-0.1, -0.05) is 149 Å². The highest BCUT2D eigenvalue weighted by Gasteiger charge is 2.29. The number of hydrogen-bond donors (Lipinski definition) is 1. The fraction of sp³-hybridized carbons (Fsp3) is 0.577. The minimum absolute atomic E-state index is 0.000492. The van der Waals surface area contributed by atoms with Gasteiger partial charge in [0.25, 0.3) is 0 Å². The molecule has 9 nitrogen and oxygen atoms in total. The summed E-state index contributed by atoms with van der Waals surface area (Å²) in [5.41, 5.74) is 0. The van der Waals surface area contributed by atoms with Crippen molar-refractivity contribution in [2.24, 2.45) is 11.8 Å². The molecule has 10 heteroatoms. The van der Waals surface area contributed by atoms with Crippen LogP contribution in [-0.2, 0) is 32.7 Å². The van der Waals surface area contributed by atoms with Gasteiger partial charge in [-0.3, -0.25) is 18.6 Å². The molecule has 1 N–H and O–H groups in total. The van der Waals surface area contributed by atoms with E-state index < -0.39 is 38.4 Å². The van der Waals surface area contributed by atoms with Crippen LogP contribution >= 0.6 is 7.82 Å². The molecule has 0 spiro atoms. The summed E-state index contributed by atoms with van der Waals surface area (Å²) in [5, 5.41) is 0. The SMILES string of the molecule is CCC=CCC=CCC=CCC=CCC=CCCC(CC)C(=O)OC[C@H](COP(=O)(O)OCC[N+](C)(C)C)OC(=O)C(CC)CCC=CCC=CCC=CCC=CCC=CCC. The molecule has 4 atom stereocenters. The van der Waals surface area contributed by atoms with E-state index in [1.54, 1.807) is 0 Å². The number of ether oxygens (including phenoxy) is 2. The second kappa shape index (κ2) is 40.2. The Morgan fingerprint density at radius 2 is 0.871 bits per heavy atom. The van der Waals surface area contributed by atoms with E-state index in [1.165, 1.54) is 0 Å². The molecule has 0 amide bonds. The predicted octanol–water partition coefficient (Wildman–Crippen LogP) is 13.4. The second-order valence-electron chi connectivity index (χ2n) is 16.1. The first-order valence-corrected chi connectivity index (χ1v) is 24.7. The third kappa shape index (κ3) is 38.1. The molecule has 0 radical (unpaired) electrons. The maximum atomic E-state index is 13.3. The van der Waals surface area contributed by atoms with Crippen molar-refractivity contribution in [3.63, 3.8) is 0 Å². The lowest BCUT2D eigenvalue weighted by Crippen LogP contribution is -2.37. The molecule has 0 aromatic carbocycles. The van der Waals surface area contributed by atoms with Crippen LogP contribution < -0.4 is 0 Å². The molecule has 0 aliphatic carbocycles. The maximum absolute atomic E-state index is 13.3. The lowest BCUT2D eigenvalue weighted by Gasteiger charge is -2.25. The van der Waals surface area contributed by atoms with E-state index in [2.05, 4.69) is 135 Å². The number of rotatable bonds is 38. The van der Waals surface area contributed by atoms with Gasteiger partial charge >= 0.3 is 19.8 Å². The molecule has 0 heterocycles. The molecule has 0 saturated heterocycles. The molecule has 0 aromatic heterocycles. The number of esters is 2. The van der Waals surface area contributed by atoms with Crippen LogP contribution in [-0.4, -0.2) is 74.9 Å².